The lowest BCUT2D eigenvalue weighted by Crippen LogP contribution is -2.00. The van der Waals surface area contributed by atoms with Crippen LogP contribution in [0.15, 0.2) is 36.7 Å². The number of rotatable bonds is 3. The quantitative estimate of drug-likeness (QED) is 0.674. The van der Waals surface area contributed by atoms with Crippen molar-refractivity contribution >= 4 is 11.7 Å². The average molecular weight is 258 g/mol. The van der Waals surface area contributed by atoms with Gasteiger partial charge in [0.25, 0.3) is 5.69 Å². The number of nitro groups is 1. The van der Waals surface area contributed by atoms with Gasteiger partial charge in [-0.25, -0.2) is 4.79 Å². The van der Waals surface area contributed by atoms with E-state index in [1.165, 1.54) is 18.3 Å². The van der Waals surface area contributed by atoms with E-state index >= 15 is 0 Å². The molecule has 2 rings (SSSR count). The summed E-state index contributed by atoms with van der Waals surface area (Å²) in [7, 11) is 0. The fraction of sp³-hybridized carbons (Fsp3) is 0.0769. The van der Waals surface area contributed by atoms with Crippen LogP contribution in [0.5, 0.6) is 0 Å². The normalized spacial score (nSPS) is 10.2. The minimum atomic E-state index is -1.20. The molecule has 0 saturated carbocycles. The number of carboxylic acid groups (broad SMARTS) is 1. The second-order valence-corrected chi connectivity index (χ2v) is 3.98. The van der Waals surface area contributed by atoms with Crippen LogP contribution in [0.25, 0.3) is 11.1 Å². The summed E-state index contributed by atoms with van der Waals surface area (Å²) in [6, 6.07) is 5.58. The number of nitro benzene ring substituents is 1. The van der Waals surface area contributed by atoms with Gasteiger partial charge in [-0.3, -0.25) is 15.1 Å². The van der Waals surface area contributed by atoms with Crippen LogP contribution in [0.3, 0.4) is 0 Å². The van der Waals surface area contributed by atoms with E-state index in [2.05, 4.69) is 4.98 Å². The van der Waals surface area contributed by atoms with E-state index in [0.29, 0.717) is 11.1 Å². The van der Waals surface area contributed by atoms with Gasteiger partial charge in [-0.15, -0.1) is 0 Å². The maximum absolute atomic E-state index is 11.1. The monoisotopic (exact) mass is 258 g/mol. The standard InChI is InChI=1S/C13H10N2O4/c1-8-4-5-14-7-11(8)10-3-2-9(13(16)17)6-12(10)15(18)19/h2-7H,1H3,(H,16,17). The summed E-state index contributed by atoms with van der Waals surface area (Å²) < 4.78 is 0. The van der Waals surface area contributed by atoms with E-state index in [1.807, 2.05) is 6.92 Å². The van der Waals surface area contributed by atoms with Crippen LogP contribution in [0, 0.1) is 17.0 Å². The zero-order valence-electron chi connectivity index (χ0n) is 10.0. The molecule has 1 N–H and O–H groups in total. The first-order valence-corrected chi connectivity index (χ1v) is 5.43. The summed E-state index contributed by atoms with van der Waals surface area (Å²) in [5, 5.41) is 19.9. The molecule has 96 valence electrons. The molecule has 0 aliphatic rings. The molecule has 0 saturated heterocycles. The number of hydrogen-bond acceptors (Lipinski definition) is 4. The van der Waals surface area contributed by atoms with Crippen LogP contribution in [-0.4, -0.2) is 21.0 Å². The highest BCUT2D eigenvalue weighted by atomic mass is 16.6. The van der Waals surface area contributed by atoms with Gasteiger partial charge in [-0.1, -0.05) is 0 Å². The molecule has 1 heterocycles. The van der Waals surface area contributed by atoms with Crippen molar-refractivity contribution in [1.29, 1.82) is 0 Å². The Morgan fingerprint density at radius 3 is 2.63 bits per heavy atom. The van der Waals surface area contributed by atoms with Crippen LogP contribution in [0.1, 0.15) is 15.9 Å². The third-order valence-electron chi connectivity index (χ3n) is 2.77. The van der Waals surface area contributed by atoms with Crippen molar-refractivity contribution in [1.82, 2.24) is 4.98 Å². The highest BCUT2D eigenvalue weighted by Crippen LogP contribution is 2.32. The molecule has 0 amide bonds. The Bertz CT molecular complexity index is 667. The van der Waals surface area contributed by atoms with Gasteiger partial charge in [0.05, 0.1) is 16.1 Å². The summed E-state index contributed by atoms with van der Waals surface area (Å²) in [6.45, 7) is 1.81. The molecule has 6 nitrogen and oxygen atoms in total. The van der Waals surface area contributed by atoms with Gasteiger partial charge in [0, 0.05) is 24.0 Å². The second-order valence-electron chi connectivity index (χ2n) is 3.98. The smallest absolute Gasteiger partial charge is 0.335 e. The number of aromatic nitrogens is 1. The van der Waals surface area contributed by atoms with Gasteiger partial charge in [0.2, 0.25) is 0 Å². The molecule has 0 fully saturated rings. The minimum Gasteiger partial charge on any atom is -0.478 e. The van der Waals surface area contributed by atoms with Crippen LogP contribution >= 0.6 is 0 Å². The number of hydrogen-bond donors (Lipinski definition) is 1. The van der Waals surface area contributed by atoms with Crippen molar-refractivity contribution in [2.45, 2.75) is 6.92 Å². The summed E-state index contributed by atoms with van der Waals surface area (Å²) >= 11 is 0. The minimum absolute atomic E-state index is 0.114. The fourth-order valence-corrected chi connectivity index (χ4v) is 1.79. The lowest BCUT2D eigenvalue weighted by Gasteiger charge is -2.06. The van der Waals surface area contributed by atoms with Gasteiger partial charge < -0.3 is 5.11 Å². The first-order chi connectivity index (χ1) is 9.00. The molecule has 0 radical (unpaired) electrons. The molecule has 0 bridgehead atoms. The Hall–Kier alpha value is -2.76. The van der Waals surface area contributed by atoms with E-state index in [-0.39, 0.29) is 11.3 Å². The Morgan fingerprint density at radius 1 is 1.32 bits per heavy atom. The molecule has 19 heavy (non-hydrogen) atoms. The Labute approximate surface area is 108 Å². The van der Waals surface area contributed by atoms with Crippen molar-refractivity contribution in [3.05, 3.63) is 57.9 Å². The molecular formula is C13H10N2O4. The number of benzene rings is 1. The van der Waals surface area contributed by atoms with Gasteiger partial charge >= 0.3 is 5.97 Å². The maximum atomic E-state index is 11.1. The summed E-state index contributed by atoms with van der Waals surface area (Å²) in [4.78, 5) is 25.3. The van der Waals surface area contributed by atoms with Crippen molar-refractivity contribution in [2.75, 3.05) is 0 Å². The molecule has 0 spiro atoms. The number of aromatic carboxylic acids is 1. The predicted molar refractivity (Wildman–Crippen MR) is 68.0 cm³/mol. The van der Waals surface area contributed by atoms with Crippen LogP contribution in [0.4, 0.5) is 5.69 Å². The lowest BCUT2D eigenvalue weighted by molar-refractivity contribution is -0.384. The predicted octanol–water partition coefficient (Wildman–Crippen LogP) is 2.66. The Kier molecular flexibility index (Phi) is 3.24. The molecule has 1 aromatic heterocycles. The van der Waals surface area contributed by atoms with Gasteiger partial charge in [0.15, 0.2) is 0 Å². The van der Waals surface area contributed by atoms with Crippen molar-refractivity contribution in [3.8, 4) is 11.1 Å². The molecular weight excluding hydrogens is 248 g/mol. The summed E-state index contributed by atoms with van der Waals surface area (Å²) in [5.41, 5.74) is 1.46. The second kappa shape index (κ2) is 4.85. The molecule has 0 atom stereocenters. The van der Waals surface area contributed by atoms with E-state index in [4.69, 9.17) is 5.11 Å². The first-order valence-electron chi connectivity index (χ1n) is 5.43. The largest absolute Gasteiger partial charge is 0.478 e. The highest BCUT2D eigenvalue weighted by Gasteiger charge is 2.19. The van der Waals surface area contributed by atoms with Crippen LogP contribution in [-0.2, 0) is 0 Å². The first kappa shape index (κ1) is 12.7. The van der Waals surface area contributed by atoms with Crippen LogP contribution < -0.4 is 0 Å². The zero-order valence-corrected chi connectivity index (χ0v) is 10.0. The fourth-order valence-electron chi connectivity index (χ4n) is 1.79. The van der Waals surface area contributed by atoms with Crippen molar-refractivity contribution in [3.63, 3.8) is 0 Å². The van der Waals surface area contributed by atoms with E-state index in [0.717, 1.165) is 11.6 Å². The molecule has 2 aromatic rings. The molecule has 6 heteroatoms. The van der Waals surface area contributed by atoms with Gasteiger partial charge in [0.1, 0.15) is 0 Å². The SMILES string of the molecule is Cc1ccncc1-c1ccc(C(=O)O)cc1[N+](=O)[O-]. The number of carbonyl (C=O) groups is 1. The number of carboxylic acids is 1. The molecule has 0 aliphatic carbocycles. The van der Waals surface area contributed by atoms with E-state index in [9.17, 15) is 14.9 Å². The Balaban J connectivity index is 2.67. The van der Waals surface area contributed by atoms with E-state index < -0.39 is 10.9 Å². The Morgan fingerprint density at radius 2 is 2.05 bits per heavy atom. The number of aryl methyl sites for hydroxylation is 1. The van der Waals surface area contributed by atoms with Crippen molar-refractivity contribution < 1.29 is 14.8 Å². The lowest BCUT2D eigenvalue weighted by atomic mass is 9.99. The summed E-state index contributed by atoms with van der Waals surface area (Å²) in [6.07, 6.45) is 3.12. The topological polar surface area (TPSA) is 93.3 Å². The molecule has 0 aliphatic heterocycles. The van der Waals surface area contributed by atoms with Crippen molar-refractivity contribution in [2.24, 2.45) is 0 Å². The summed E-state index contributed by atoms with van der Waals surface area (Å²) in [5.74, 6) is -1.20. The van der Waals surface area contributed by atoms with Gasteiger partial charge in [-0.05, 0) is 30.7 Å². The van der Waals surface area contributed by atoms with Gasteiger partial charge in [-0.2, -0.15) is 0 Å². The number of pyridine rings is 1. The van der Waals surface area contributed by atoms with E-state index in [1.54, 1.807) is 12.3 Å². The third kappa shape index (κ3) is 2.42. The number of nitrogens with zero attached hydrogens (tertiary/aromatic N) is 2. The zero-order chi connectivity index (χ0) is 14.0. The molecule has 0 unspecified atom stereocenters. The average Bonchev–Trinajstić information content (AvgIpc) is 2.38. The highest BCUT2D eigenvalue weighted by molar-refractivity contribution is 5.90. The third-order valence-corrected chi connectivity index (χ3v) is 2.77. The van der Waals surface area contributed by atoms with Crippen LogP contribution in [0.2, 0.25) is 0 Å². The maximum Gasteiger partial charge on any atom is 0.335 e. The molecule has 1 aromatic carbocycles.